The maximum Gasteiger partial charge on any atom is 0.330 e. The van der Waals surface area contributed by atoms with Crippen molar-refractivity contribution in [2.24, 2.45) is 0 Å². The van der Waals surface area contributed by atoms with Gasteiger partial charge in [0.1, 0.15) is 48.8 Å². The highest BCUT2D eigenvalue weighted by atomic mass is 28.4. The topological polar surface area (TPSA) is 219 Å². The number of aryl methyl sites for hydroxylation is 1. The summed E-state index contributed by atoms with van der Waals surface area (Å²) >= 11 is 0. The number of aliphatic hydroxyl groups excluding tert-OH is 1. The number of aromatic nitrogens is 6. The van der Waals surface area contributed by atoms with Gasteiger partial charge < -0.3 is 48.1 Å². The van der Waals surface area contributed by atoms with E-state index in [1.54, 1.807) is 0 Å². The van der Waals surface area contributed by atoms with Crippen molar-refractivity contribution in [2.75, 3.05) is 12.3 Å². The van der Waals surface area contributed by atoms with E-state index in [2.05, 4.69) is 102 Å². The van der Waals surface area contributed by atoms with Crippen LogP contribution < -0.4 is 27.4 Å². The first-order valence-electron chi connectivity index (χ1n) is 25.8. The van der Waals surface area contributed by atoms with Crippen LogP contribution in [0.3, 0.4) is 0 Å². The second kappa shape index (κ2) is 19.9. The van der Waals surface area contributed by atoms with Gasteiger partial charge in [0, 0.05) is 11.8 Å². The van der Waals surface area contributed by atoms with E-state index in [4.69, 9.17) is 48.0 Å². The van der Waals surface area contributed by atoms with Gasteiger partial charge in [0.25, 0.3) is 13.9 Å². The van der Waals surface area contributed by atoms with E-state index in [0.717, 1.165) is 10.4 Å². The summed E-state index contributed by atoms with van der Waals surface area (Å²) in [5.74, 6) is -1.38. The number of aliphatic hydroxyl groups is 1. The number of fused-ring (bicyclic) bond motifs is 3. The standard InChI is InChI=1S/C53H75N7O11Si2/c1-30(2)72(31(3)4,32(5)6)64-27-37-42-44(70-52(10,11)68-42)48(66-37)59-33(26-39(62)58-50(59)63)24-25-36(61)41-43-45(71-53(12,13)69-43)49(67-41)60-38(57-40-46(54)55-29-56-47(40)60)28-65-73(51(7,8)9,34-20-16-14-17-21-34)35-22-18-15-19-23-35/h14-23,26,29-32,36-37,41-45,48-49,61H,24-25,27-28H2,1-13H3,(H2,54,55,56)(H,58,62,63)/t36-,37+,41+,42+,43+,44+,45+,48+,49+/m0/s1. The van der Waals surface area contributed by atoms with E-state index in [9.17, 15) is 14.7 Å². The number of hydrogen-bond acceptors (Lipinski definition) is 15. The summed E-state index contributed by atoms with van der Waals surface area (Å²) in [6.45, 7) is 27.6. The quantitative estimate of drug-likeness (QED) is 0.0864. The minimum Gasteiger partial charge on any atom is -0.413 e. The number of rotatable bonds is 17. The van der Waals surface area contributed by atoms with Crippen LogP contribution in [0.1, 0.15) is 120 Å². The molecule has 9 rings (SSSR count). The van der Waals surface area contributed by atoms with E-state index in [1.807, 2.05) is 68.7 Å². The fourth-order valence-electron chi connectivity index (χ4n) is 12.6. The van der Waals surface area contributed by atoms with Crippen LogP contribution in [0, 0.1) is 0 Å². The zero-order chi connectivity index (χ0) is 52.6. The average molecular weight is 1040 g/mol. The number of nitrogens with two attached hydrogens (primary N) is 1. The number of anilines is 1. The summed E-state index contributed by atoms with van der Waals surface area (Å²) in [5.41, 5.74) is 7.37. The number of hydrogen-bond donors (Lipinski definition) is 3. The van der Waals surface area contributed by atoms with Gasteiger partial charge in [-0.05, 0) is 72.6 Å². The Hall–Kier alpha value is -4.46. The molecule has 5 aromatic rings. The highest BCUT2D eigenvalue weighted by molar-refractivity contribution is 6.99. The lowest BCUT2D eigenvalue weighted by Gasteiger charge is -2.43. The average Bonchev–Trinajstić information content (AvgIpc) is 4.10. The minimum absolute atomic E-state index is 0.0396. The molecule has 4 saturated heterocycles. The molecule has 4 aliphatic heterocycles. The monoisotopic (exact) mass is 1040 g/mol. The fraction of sp³-hybridized carbons (Fsp3) is 0.604. The molecule has 0 saturated carbocycles. The Morgan fingerprint density at radius 1 is 0.767 bits per heavy atom. The van der Waals surface area contributed by atoms with Crippen molar-refractivity contribution in [1.82, 2.24) is 29.1 Å². The van der Waals surface area contributed by atoms with Crippen molar-refractivity contribution in [3.05, 3.63) is 105 Å². The van der Waals surface area contributed by atoms with E-state index in [0.29, 0.717) is 39.3 Å². The molecule has 4 fully saturated rings. The smallest absolute Gasteiger partial charge is 0.330 e. The predicted octanol–water partition coefficient (Wildman–Crippen LogP) is 6.36. The van der Waals surface area contributed by atoms with Gasteiger partial charge >= 0.3 is 5.69 Å². The number of nitrogens with zero attached hydrogens (tertiary/aromatic N) is 5. The van der Waals surface area contributed by atoms with Crippen molar-refractivity contribution in [1.29, 1.82) is 0 Å². The lowest BCUT2D eigenvalue weighted by atomic mass is 10.0. The predicted molar refractivity (Wildman–Crippen MR) is 280 cm³/mol. The number of nitrogen functional groups attached to an aromatic ring is 1. The van der Waals surface area contributed by atoms with Crippen molar-refractivity contribution in [2.45, 2.75) is 198 Å². The lowest BCUT2D eigenvalue weighted by Crippen LogP contribution is -2.66. The van der Waals surface area contributed by atoms with Gasteiger partial charge in [0.15, 0.2) is 49.3 Å². The Labute approximate surface area is 429 Å². The molecule has 3 aromatic heterocycles. The Kier molecular flexibility index (Phi) is 14.6. The Balaban J connectivity index is 1.02. The molecule has 0 amide bonds. The van der Waals surface area contributed by atoms with Gasteiger partial charge in [-0.3, -0.25) is 18.9 Å². The maximum atomic E-state index is 14.0. The molecule has 4 aliphatic rings. The molecule has 4 N–H and O–H groups in total. The van der Waals surface area contributed by atoms with Crippen molar-refractivity contribution in [3.8, 4) is 0 Å². The van der Waals surface area contributed by atoms with Gasteiger partial charge in [0.2, 0.25) is 0 Å². The van der Waals surface area contributed by atoms with E-state index >= 15 is 0 Å². The molecule has 2 aromatic carbocycles. The highest BCUT2D eigenvalue weighted by Crippen LogP contribution is 2.48. The summed E-state index contributed by atoms with van der Waals surface area (Å²) in [5, 5.41) is 14.2. The first-order valence-corrected chi connectivity index (χ1v) is 29.8. The van der Waals surface area contributed by atoms with E-state index in [-0.39, 0.29) is 36.9 Å². The van der Waals surface area contributed by atoms with Crippen LogP contribution in [0.25, 0.3) is 11.2 Å². The van der Waals surface area contributed by atoms with Crippen molar-refractivity contribution < 1.29 is 42.4 Å². The molecule has 7 heterocycles. The highest BCUT2D eigenvalue weighted by Gasteiger charge is 2.60. The van der Waals surface area contributed by atoms with Crippen LogP contribution in [0.5, 0.6) is 0 Å². The van der Waals surface area contributed by atoms with Gasteiger partial charge in [-0.2, -0.15) is 0 Å². The molecule has 0 spiro atoms. The second-order valence-corrected chi connectivity index (χ2v) is 32.8. The summed E-state index contributed by atoms with van der Waals surface area (Å²) in [6.07, 6.45) is -5.85. The van der Waals surface area contributed by atoms with Gasteiger partial charge in [-0.1, -0.05) is 123 Å². The summed E-state index contributed by atoms with van der Waals surface area (Å²) < 4.78 is 57.5. The maximum absolute atomic E-state index is 14.0. The number of aromatic amines is 1. The zero-order valence-electron chi connectivity index (χ0n) is 44.5. The molecule has 0 aliphatic carbocycles. The summed E-state index contributed by atoms with van der Waals surface area (Å²) in [4.78, 5) is 43.6. The number of H-pyrrole nitrogens is 1. The largest absolute Gasteiger partial charge is 0.413 e. The third-order valence-corrected chi connectivity index (χ3v) is 26.5. The summed E-state index contributed by atoms with van der Waals surface area (Å²) in [7, 11) is -5.40. The molecular weight excluding hydrogens is 967 g/mol. The Bertz CT molecular complexity index is 2810. The molecule has 0 radical (unpaired) electrons. The molecule has 73 heavy (non-hydrogen) atoms. The molecular formula is C53H75N7O11Si2. The fourth-order valence-corrected chi connectivity index (χ4v) is 22.6. The third-order valence-electron chi connectivity index (χ3n) is 15.4. The molecule has 0 unspecified atom stereocenters. The Morgan fingerprint density at radius 2 is 1.32 bits per heavy atom. The minimum atomic E-state index is -3.08. The molecule has 18 nitrogen and oxygen atoms in total. The second-order valence-electron chi connectivity index (χ2n) is 23.0. The zero-order valence-corrected chi connectivity index (χ0v) is 46.5. The van der Waals surface area contributed by atoms with Crippen LogP contribution in [-0.2, 0) is 50.3 Å². The lowest BCUT2D eigenvalue weighted by molar-refractivity contribution is -0.207. The molecule has 20 heteroatoms. The molecule has 0 bridgehead atoms. The van der Waals surface area contributed by atoms with Crippen LogP contribution in [-0.4, -0.2) is 112 Å². The van der Waals surface area contributed by atoms with Crippen LogP contribution >= 0.6 is 0 Å². The van der Waals surface area contributed by atoms with Gasteiger partial charge in [-0.15, -0.1) is 0 Å². The van der Waals surface area contributed by atoms with Crippen molar-refractivity contribution in [3.63, 3.8) is 0 Å². The van der Waals surface area contributed by atoms with E-state index < -0.39 is 94.6 Å². The van der Waals surface area contributed by atoms with Gasteiger partial charge in [-0.25, -0.2) is 19.7 Å². The first-order chi connectivity index (χ1) is 34.4. The van der Waals surface area contributed by atoms with Gasteiger partial charge in [0.05, 0.1) is 19.3 Å². The van der Waals surface area contributed by atoms with E-state index in [1.165, 1.54) is 17.0 Å². The van der Waals surface area contributed by atoms with Crippen LogP contribution in [0.2, 0.25) is 21.7 Å². The Morgan fingerprint density at radius 3 is 1.89 bits per heavy atom. The summed E-state index contributed by atoms with van der Waals surface area (Å²) in [6, 6.07) is 22.0. The molecule has 396 valence electrons. The number of nitrogens with one attached hydrogen (secondary N) is 1. The SMILES string of the molecule is CC(C)[Si](OC[C@H]1O[C@@H](n2c(CC[C@H](O)[C@H]3O[C@@H](n4c(CO[Si](c5ccccc5)(c5ccccc5)C(C)(C)C)nc5c(N)ncnc54)[C@@H]4OC(C)(C)O[C@@H]43)cc(=O)[nH]c2=O)[C@@H]2OC(C)(C)O[C@@H]21)(C(C)C)C(C)C. The third kappa shape index (κ3) is 9.63. The van der Waals surface area contributed by atoms with Crippen molar-refractivity contribution >= 4 is 44.0 Å². The normalized spacial score (nSPS) is 26.4. The van der Waals surface area contributed by atoms with Crippen LogP contribution in [0.15, 0.2) is 82.6 Å². The van der Waals surface area contributed by atoms with Crippen LogP contribution in [0.4, 0.5) is 5.82 Å². The first kappa shape index (κ1) is 53.4. The number of imidazole rings is 1. The number of ether oxygens (including phenoxy) is 6. The molecule has 9 atom stereocenters. The number of benzene rings is 2.